The average Bonchev–Trinajstić information content (AvgIpc) is 2.65. The van der Waals surface area contributed by atoms with Gasteiger partial charge in [-0.2, -0.15) is 12.7 Å². The van der Waals surface area contributed by atoms with Gasteiger partial charge >= 0.3 is 16.3 Å². The van der Waals surface area contributed by atoms with Gasteiger partial charge in [-0.25, -0.2) is 4.79 Å². The zero-order valence-corrected chi connectivity index (χ0v) is 19.0. The van der Waals surface area contributed by atoms with Gasteiger partial charge < -0.3 is 10.1 Å². The molecule has 0 aromatic heterocycles. The second-order valence-corrected chi connectivity index (χ2v) is 8.33. The number of ether oxygens (including phenoxy) is 1. The summed E-state index contributed by atoms with van der Waals surface area (Å²) in [6, 6.07) is 7.37. The summed E-state index contributed by atoms with van der Waals surface area (Å²) in [5.74, 6) is 0. The van der Waals surface area contributed by atoms with Gasteiger partial charge in [0.15, 0.2) is 0 Å². The molecule has 1 aromatic rings. The first-order valence-corrected chi connectivity index (χ1v) is 10.9. The van der Waals surface area contributed by atoms with E-state index in [0.717, 1.165) is 16.4 Å². The summed E-state index contributed by atoms with van der Waals surface area (Å²) in [5.41, 5.74) is 1.50. The third-order valence-corrected chi connectivity index (χ3v) is 5.36. The van der Waals surface area contributed by atoms with Gasteiger partial charge in [0.25, 0.3) is 0 Å². The minimum absolute atomic E-state index is 0.0632. The number of rotatable bonds is 9. The number of hydrogen-bond donors (Lipinski definition) is 2. The Bertz CT molecular complexity index is 680. The van der Waals surface area contributed by atoms with Gasteiger partial charge in [-0.3, -0.25) is 9.62 Å². The van der Waals surface area contributed by atoms with Gasteiger partial charge in [-0.1, -0.05) is 39.3 Å². The molecule has 0 heterocycles. The number of amides is 1. The summed E-state index contributed by atoms with van der Waals surface area (Å²) in [5, 5.41) is 2.66. The van der Waals surface area contributed by atoms with Crippen LogP contribution in [0.1, 0.15) is 45.7 Å². The van der Waals surface area contributed by atoms with Crippen molar-refractivity contribution in [1.29, 1.82) is 0 Å². The predicted molar refractivity (Wildman–Crippen MR) is 115 cm³/mol. The van der Waals surface area contributed by atoms with Gasteiger partial charge in [-0.15, -0.1) is 0 Å². The molecule has 0 saturated heterocycles. The average molecular weight is 417 g/mol. The van der Waals surface area contributed by atoms with Crippen molar-refractivity contribution in [3.8, 4) is 0 Å². The van der Waals surface area contributed by atoms with E-state index >= 15 is 0 Å². The van der Waals surface area contributed by atoms with Gasteiger partial charge in [-0.05, 0) is 31.2 Å². The van der Waals surface area contributed by atoms with Crippen LogP contribution in [0, 0.1) is 0 Å². The standard InChI is InChI=1S/C16H28N4O4S.C3H8/c1-6-20(11-10-17-16(21)24-5)13(2)14-8-7-9-15(12-14)18-25(22,23)19(3)4;1-3-2/h7-9,12-13,18H,6,10-11H2,1-5H3,(H,17,21);3H2,1-2H3. The normalized spacial score (nSPS) is 12.2. The van der Waals surface area contributed by atoms with Crippen molar-refractivity contribution in [2.24, 2.45) is 0 Å². The Morgan fingerprint density at radius 2 is 1.82 bits per heavy atom. The first-order valence-electron chi connectivity index (χ1n) is 9.48. The third kappa shape index (κ3) is 9.38. The van der Waals surface area contributed by atoms with E-state index in [1.807, 2.05) is 32.0 Å². The quantitative estimate of drug-likeness (QED) is 0.646. The minimum Gasteiger partial charge on any atom is -0.453 e. The highest BCUT2D eigenvalue weighted by atomic mass is 32.2. The van der Waals surface area contributed by atoms with Gasteiger partial charge in [0.05, 0.1) is 12.8 Å². The van der Waals surface area contributed by atoms with Crippen molar-refractivity contribution >= 4 is 22.0 Å². The van der Waals surface area contributed by atoms with E-state index < -0.39 is 16.3 Å². The molecule has 1 unspecified atom stereocenters. The number of nitrogens with zero attached hydrogens (tertiary/aromatic N) is 2. The summed E-state index contributed by atoms with van der Waals surface area (Å²) in [6.07, 6.45) is 0.795. The first-order chi connectivity index (χ1) is 13.1. The summed E-state index contributed by atoms with van der Waals surface area (Å²) < 4.78 is 32.1. The van der Waals surface area contributed by atoms with Crippen LogP contribution in [-0.4, -0.2) is 64.6 Å². The Labute approximate surface area is 170 Å². The second-order valence-electron chi connectivity index (χ2n) is 6.44. The van der Waals surface area contributed by atoms with E-state index in [-0.39, 0.29) is 6.04 Å². The van der Waals surface area contributed by atoms with Crippen molar-refractivity contribution in [3.63, 3.8) is 0 Å². The molecule has 1 rings (SSSR count). The highest BCUT2D eigenvalue weighted by Crippen LogP contribution is 2.23. The molecule has 0 aliphatic rings. The zero-order chi connectivity index (χ0) is 21.7. The predicted octanol–water partition coefficient (Wildman–Crippen LogP) is 3.06. The molecule has 0 aliphatic carbocycles. The largest absolute Gasteiger partial charge is 0.453 e. The summed E-state index contributed by atoms with van der Waals surface area (Å²) in [6.45, 7) is 10.2. The van der Waals surface area contributed by atoms with Crippen LogP contribution in [0.25, 0.3) is 0 Å². The molecule has 28 heavy (non-hydrogen) atoms. The van der Waals surface area contributed by atoms with Crippen molar-refractivity contribution < 1.29 is 17.9 Å². The molecule has 1 aromatic carbocycles. The van der Waals surface area contributed by atoms with E-state index in [0.29, 0.717) is 18.8 Å². The fourth-order valence-corrected chi connectivity index (χ4v) is 2.92. The maximum Gasteiger partial charge on any atom is 0.406 e. The van der Waals surface area contributed by atoms with Crippen LogP contribution in [0.4, 0.5) is 10.5 Å². The lowest BCUT2D eigenvalue weighted by molar-refractivity contribution is 0.165. The molecular weight excluding hydrogens is 380 g/mol. The number of carbonyl (C=O) groups is 1. The molecule has 8 nitrogen and oxygen atoms in total. The molecule has 1 amide bonds. The van der Waals surface area contributed by atoms with E-state index in [9.17, 15) is 13.2 Å². The van der Waals surface area contributed by atoms with Crippen LogP contribution in [0.2, 0.25) is 0 Å². The van der Waals surface area contributed by atoms with Gasteiger partial charge in [0.2, 0.25) is 0 Å². The van der Waals surface area contributed by atoms with Crippen LogP contribution in [0.5, 0.6) is 0 Å². The molecule has 1 atom stereocenters. The molecule has 0 spiro atoms. The lowest BCUT2D eigenvalue weighted by atomic mass is 10.1. The van der Waals surface area contributed by atoms with Crippen molar-refractivity contribution in [3.05, 3.63) is 29.8 Å². The number of alkyl carbamates (subject to hydrolysis) is 1. The Morgan fingerprint density at radius 1 is 1.21 bits per heavy atom. The highest BCUT2D eigenvalue weighted by Gasteiger charge is 2.17. The molecule has 0 radical (unpaired) electrons. The van der Waals surface area contributed by atoms with Gasteiger partial charge in [0, 0.05) is 33.2 Å². The van der Waals surface area contributed by atoms with Crippen molar-refractivity contribution in [2.75, 3.05) is 45.6 Å². The lowest BCUT2D eigenvalue weighted by Gasteiger charge is -2.28. The maximum atomic E-state index is 12.0. The van der Waals surface area contributed by atoms with Crippen LogP contribution >= 0.6 is 0 Å². The van der Waals surface area contributed by atoms with Gasteiger partial charge in [0.1, 0.15) is 0 Å². The monoisotopic (exact) mass is 416 g/mol. The summed E-state index contributed by atoms with van der Waals surface area (Å²) in [4.78, 5) is 13.3. The molecular formula is C19H36N4O4S. The smallest absolute Gasteiger partial charge is 0.406 e. The molecule has 0 bridgehead atoms. The first kappa shape index (κ1) is 26.2. The Balaban J connectivity index is 0.00000227. The molecule has 0 aliphatic heterocycles. The number of methoxy groups -OCH3 is 1. The number of hydrogen-bond acceptors (Lipinski definition) is 5. The van der Waals surface area contributed by atoms with Crippen LogP contribution in [0.15, 0.2) is 24.3 Å². The van der Waals surface area contributed by atoms with E-state index in [1.165, 1.54) is 27.6 Å². The second kappa shape index (κ2) is 13.4. The molecule has 0 saturated carbocycles. The molecule has 162 valence electrons. The lowest BCUT2D eigenvalue weighted by Crippen LogP contribution is -2.36. The number of nitrogens with one attached hydrogen (secondary N) is 2. The molecule has 9 heteroatoms. The Hall–Kier alpha value is -1.84. The zero-order valence-electron chi connectivity index (χ0n) is 18.2. The summed E-state index contributed by atoms with van der Waals surface area (Å²) in [7, 11) is 0.740. The maximum absolute atomic E-state index is 12.0. The Kier molecular flexibility index (Phi) is 12.5. The summed E-state index contributed by atoms with van der Waals surface area (Å²) >= 11 is 0. The van der Waals surface area contributed by atoms with Crippen LogP contribution in [-0.2, 0) is 14.9 Å². The Morgan fingerprint density at radius 3 is 2.32 bits per heavy atom. The molecule has 0 fully saturated rings. The van der Waals surface area contributed by atoms with Crippen LogP contribution in [0.3, 0.4) is 0 Å². The third-order valence-electron chi connectivity index (χ3n) is 3.90. The fourth-order valence-electron chi connectivity index (χ4n) is 2.31. The van der Waals surface area contributed by atoms with Crippen molar-refractivity contribution in [2.45, 2.75) is 40.2 Å². The minimum atomic E-state index is -3.54. The fraction of sp³-hybridized carbons (Fsp3) is 0.632. The number of anilines is 1. The number of carbonyl (C=O) groups excluding carboxylic acids is 1. The number of benzene rings is 1. The molecule has 2 N–H and O–H groups in total. The van der Waals surface area contributed by atoms with E-state index in [4.69, 9.17) is 0 Å². The topological polar surface area (TPSA) is 91.0 Å². The SMILES string of the molecule is CCC.CCN(CCNC(=O)OC)C(C)c1cccc(NS(=O)(=O)N(C)C)c1. The number of likely N-dealkylation sites (N-methyl/N-ethyl adjacent to an activating group) is 1. The highest BCUT2D eigenvalue weighted by molar-refractivity contribution is 7.90. The van der Waals surface area contributed by atoms with E-state index in [1.54, 1.807) is 6.07 Å². The van der Waals surface area contributed by atoms with Crippen molar-refractivity contribution in [1.82, 2.24) is 14.5 Å². The van der Waals surface area contributed by atoms with Crippen LogP contribution < -0.4 is 10.0 Å². The van der Waals surface area contributed by atoms with E-state index in [2.05, 4.69) is 33.5 Å².